The number of hydrogen-bond acceptors (Lipinski definition) is 5. The van der Waals surface area contributed by atoms with E-state index in [0.29, 0.717) is 19.7 Å². The Hall–Kier alpha value is -2.92. The molecule has 2 aromatic rings. The van der Waals surface area contributed by atoms with Crippen LogP contribution in [0.2, 0.25) is 0 Å². The zero-order valence-electron chi connectivity index (χ0n) is 15.4. The highest BCUT2D eigenvalue weighted by molar-refractivity contribution is 5.74. The van der Waals surface area contributed by atoms with Crippen LogP contribution >= 0.6 is 0 Å². The van der Waals surface area contributed by atoms with E-state index in [2.05, 4.69) is 10.2 Å². The van der Waals surface area contributed by atoms with Crippen molar-refractivity contribution in [2.75, 3.05) is 13.2 Å². The van der Waals surface area contributed by atoms with Gasteiger partial charge in [-0.3, -0.25) is 14.8 Å². The minimum atomic E-state index is -5.08. The van der Waals surface area contributed by atoms with Crippen LogP contribution in [0.4, 0.5) is 13.2 Å². The SMILES string of the molecule is C[C@@H]1OCCN(Cc2cn[nH]c2-c2ccccc2)[C@H]1C(=O)O.O=C(O)C(F)(F)F. The first-order valence-corrected chi connectivity index (χ1v) is 8.57. The van der Waals surface area contributed by atoms with Crippen molar-refractivity contribution < 1.29 is 37.7 Å². The number of morpholine rings is 1. The summed E-state index contributed by atoms with van der Waals surface area (Å²) in [7, 11) is 0. The molecule has 8 nitrogen and oxygen atoms in total. The van der Waals surface area contributed by atoms with Crippen molar-refractivity contribution in [3.8, 4) is 11.3 Å². The fraction of sp³-hybridized carbons (Fsp3) is 0.389. The van der Waals surface area contributed by atoms with Crippen molar-refractivity contribution in [1.29, 1.82) is 0 Å². The summed E-state index contributed by atoms with van der Waals surface area (Å²) < 4.78 is 37.2. The standard InChI is InChI=1S/C16H19N3O3.C2HF3O2/c1-11-15(16(20)21)19(7-8-22-11)10-13-9-17-18-14(13)12-5-3-2-4-6-12;3-2(4,5)1(6)7/h2-6,9,11,15H,7-8,10H2,1H3,(H,17,18)(H,20,21);(H,6,7)/t11-,15+;/m0./s1. The number of carboxylic acid groups (broad SMARTS) is 2. The summed E-state index contributed by atoms with van der Waals surface area (Å²) in [5.74, 6) is -3.61. The molecule has 2 heterocycles. The molecule has 0 radical (unpaired) electrons. The topological polar surface area (TPSA) is 116 Å². The number of H-pyrrole nitrogens is 1. The predicted octanol–water partition coefficient (Wildman–Crippen LogP) is 2.38. The Labute approximate surface area is 163 Å². The van der Waals surface area contributed by atoms with Crippen molar-refractivity contribution in [1.82, 2.24) is 15.1 Å². The van der Waals surface area contributed by atoms with E-state index >= 15 is 0 Å². The molecule has 0 saturated carbocycles. The lowest BCUT2D eigenvalue weighted by atomic mass is 10.0. The lowest BCUT2D eigenvalue weighted by Gasteiger charge is -2.37. The quantitative estimate of drug-likeness (QED) is 0.702. The fourth-order valence-electron chi connectivity index (χ4n) is 2.92. The van der Waals surface area contributed by atoms with Gasteiger partial charge in [-0.15, -0.1) is 0 Å². The molecule has 1 aromatic carbocycles. The summed E-state index contributed by atoms with van der Waals surface area (Å²) in [6.45, 7) is 3.48. The molecule has 0 unspecified atom stereocenters. The van der Waals surface area contributed by atoms with Gasteiger partial charge in [0, 0.05) is 18.7 Å². The van der Waals surface area contributed by atoms with Gasteiger partial charge in [0.1, 0.15) is 6.04 Å². The number of aromatic amines is 1. The molecule has 11 heteroatoms. The molecule has 158 valence electrons. The van der Waals surface area contributed by atoms with Crippen molar-refractivity contribution in [2.45, 2.75) is 31.8 Å². The minimum absolute atomic E-state index is 0.321. The van der Waals surface area contributed by atoms with Gasteiger partial charge in [0.15, 0.2) is 0 Å². The fourth-order valence-corrected chi connectivity index (χ4v) is 2.92. The summed E-state index contributed by atoms with van der Waals surface area (Å²) in [5, 5.41) is 23.7. The van der Waals surface area contributed by atoms with E-state index in [1.54, 1.807) is 13.1 Å². The van der Waals surface area contributed by atoms with Crippen LogP contribution in [0.1, 0.15) is 12.5 Å². The molecule has 29 heavy (non-hydrogen) atoms. The van der Waals surface area contributed by atoms with E-state index in [-0.39, 0.29) is 6.10 Å². The van der Waals surface area contributed by atoms with Crippen LogP contribution in [0.3, 0.4) is 0 Å². The zero-order chi connectivity index (χ0) is 21.6. The van der Waals surface area contributed by atoms with Crippen LogP contribution in [0.5, 0.6) is 0 Å². The number of alkyl halides is 3. The molecule has 2 atom stereocenters. The molecule has 0 bridgehead atoms. The summed E-state index contributed by atoms with van der Waals surface area (Å²) in [6.07, 6.45) is -3.64. The molecule has 1 aliphatic heterocycles. The highest BCUT2D eigenvalue weighted by Crippen LogP contribution is 2.24. The first-order valence-electron chi connectivity index (χ1n) is 8.57. The molecule has 1 saturated heterocycles. The molecule has 1 aliphatic rings. The molecule has 3 N–H and O–H groups in total. The van der Waals surface area contributed by atoms with Crippen molar-refractivity contribution in [2.24, 2.45) is 0 Å². The van der Waals surface area contributed by atoms with E-state index in [9.17, 15) is 23.1 Å². The number of aromatic nitrogens is 2. The van der Waals surface area contributed by atoms with Gasteiger partial charge in [-0.2, -0.15) is 18.3 Å². The highest BCUT2D eigenvalue weighted by Gasteiger charge is 2.38. The molecular formula is C18H20F3N3O5. The Kier molecular flexibility index (Phi) is 7.35. The normalized spacial score (nSPS) is 19.9. The van der Waals surface area contributed by atoms with Gasteiger partial charge in [0.2, 0.25) is 0 Å². The Morgan fingerprint density at radius 2 is 1.90 bits per heavy atom. The van der Waals surface area contributed by atoms with Crippen molar-refractivity contribution >= 4 is 11.9 Å². The number of nitrogens with zero attached hydrogens (tertiary/aromatic N) is 2. The Balaban J connectivity index is 0.000000370. The average molecular weight is 415 g/mol. The first kappa shape index (κ1) is 22.4. The molecule has 0 aliphatic carbocycles. The largest absolute Gasteiger partial charge is 0.490 e. The van der Waals surface area contributed by atoms with Gasteiger partial charge in [-0.1, -0.05) is 30.3 Å². The third-order valence-corrected chi connectivity index (χ3v) is 4.25. The molecule has 1 fully saturated rings. The second-order valence-electron chi connectivity index (χ2n) is 6.27. The Morgan fingerprint density at radius 3 is 2.45 bits per heavy atom. The minimum Gasteiger partial charge on any atom is -0.480 e. The summed E-state index contributed by atoms with van der Waals surface area (Å²) in [5.41, 5.74) is 2.97. The van der Waals surface area contributed by atoms with Gasteiger partial charge in [-0.05, 0) is 12.5 Å². The van der Waals surface area contributed by atoms with Gasteiger partial charge in [0.05, 0.1) is 24.6 Å². The number of nitrogens with one attached hydrogen (secondary N) is 1. The molecule has 3 rings (SSSR count). The lowest BCUT2D eigenvalue weighted by molar-refractivity contribution is -0.192. The third kappa shape index (κ3) is 6.03. The smallest absolute Gasteiger partial charge is 0.480 e. The number of carboxylic acids is 2. The van der Waals surface area contributed by atoms with Gasteiger partial charge in [0.25, 0.3) is 0 Å². The molecular weight excluding hydrogens is 395 g/mol. The number of carbonyl (C=O) groups is 2. The lowest BCUT2D eigenvalue weighted by Crippen LogP contribution is -2.53. The Bertz CT molecular complexity index is 826. The monoisotopic (exact) mass is 415 g/mol. The predicted molar refractivity (Wildman–Crippen MR) is 95.0 cm³/mol. The number of rotatable bonds is 4. The van der Waals surface area contributed by atoms with Gasteiger partial charge >= 0.3 is 18.1 Å². The maximum atomic E-state index is 11.5. The van der Waals surface area contributed by atoms with Gasteiger partial charge < -0.3 is 14.9 Å². The molecule has 0 amide bonds. The van der Waals surface area contributed by atoms with Crippen LogP contribution < -0.4 is 0 Å². The number of ether oxygens (including phenoxy) is 1. The molecule has 0 spiro atoms. The summed E-state index contributed by atoms with van der Waals surface area (Å²) >= 11 is 0. The second-order valence-corrected chi connectivity index (χ2v) is 6.27. The zero-order valence-corrected chi connectivity index (χ0v) is 15.4. The van der Waals surface area contributed by atoms with E-state index in [0.717, 1.165) is 16.8 Å². The van der Waals surface area contributed by atoms with Crippen LogP contribution in [0.15, 0.2) is 36.5 Å². The van der Waals surface area contributed by atoms with Gasteiger partial charge in [-0.25, -0.2) is 4.79 Å². The first-order chi connectivity index (χ1) is 13.6. The molecule has 1 aromatic heterocycles. The van der Waals surface area contributed by atoms with E-state index in [1.807, 2.05) is 35.2 Å². The van der Waals surface area contributed by atoms with Crippen LogP contribution in [-0.4, -0.2) is 68.7 Å². The average Bonchev–Trinajstić information content (AvgIpc) is 3.10. The second kappa shape index (κ2) is 9.52. The number of hydrogen-bond donors (Lipinski definition) is 3. The van der Waals surface area contributed by atoms with E-state index < -0.39 is 24.2 Å². The maximum Gasteiger partial charge on any atom is 0.490 e. The van der Waals surface area contributed by atoms with Crippen LogP contribution in [-0.2, 0) is 20.9 Å². The summed E-state index contributed by atoms with van der Waals surface area (Å²) in [4.78, 5) is 22.3. The number of aliphatic carboxylic acids is 2. The maximum absolute atomic E-state index is 11.5. The van der Waals surface area contributed by atoms with Crippen LogP contribution in [0.25, 0.3) is 11.3 Å². The summed E-state index contributed by atoms with van der Waals surface area (Å²) in [6, 6.07) is 9.28. The van der Waals surface area contributed by atoms with Crippen molar-refractivity contribution in [3.05, 3.63) is 42.1 Å². The number of halogens is 3. The van der Waals surface area contributed by atoms with E-state index in [4.69, 9.17) is 14.6 Å². The van der Waals surface area contributed by atoms with E-state index in [1.165, 1.54) is 0 Å². The third-order valence-electron chi connectivity index (χ3n) is 4.25. The number of benzene rings is 1. The highest BCUT2D eigenvalue weighted by atomic mass is 19.4. The van der Waals surface area contributed by atoms with Crippen LogP contribution in [0, 0.1) is 0 Å². The van der Waals surface area contributed by atoms with Crippen molar-refractivity contribution in [3.63, 3.8) is 0 Å². The Morgan fingerprint density at radius 1 is 1.28 bits per heavy atom.